The molecule has 25 heavy (non-hydrogen) atoms. The van der Waals surface area contributed by atoms with Gasteiger partial charge in [-0.15, -0.1) is 0 Å². The third-order valence-corrected chi connectivity index (χ3v) is 5.20. The van der Waals surface area contributed by atoms with Crippen molar-refractivity contribution in [3.05, 3.63) is 70.9 Å². The van der Waals surface area contributed by atoms with Gasteiger partial charge in [-0.3, -0.25) is 4.99 Å². The Kier molecular flexibility index (Phi) is 3.42. The fraction of sp³-hybridized carbons (Fsp3) is 0.0952. The summed E-state index contributed by atoms with van der Waals surface area (Å²) in [6.45, 7) is 1.72. The van der Waals surface area contributed by atoms with Crippen LogP contribution in [-0.2, 0) is 0 Å². The van der Waals surface area contributed by atoms with E-state index in [0.29, 0.717) is 0 Å². The summed E-state index contributed by atoms with van der Waals surface area (Å²) in [6, 6.07) is 18.8. The third-order valence-electron chi connectivity index (χ3n) is 4.52. The maximum absolute atomic E-state index is 6.21. The summed E-state index contributed by atoms with van der Waals surface area (Å²) < 4.78 is 6.21. The number of hydrogen-bond acceptors (Lipinski definition) is 4. The van der Waals surface area contributed by atoms with Crippen molar-refractivity contribution < 1.29 is 4.42 Å². The van der Waals surface area contributed by atoms with Crippen molar-refractivity contribution in [2.75, 3.05) is 13.1 Å². The third kappa shape index (κ3) is 2.46. The van der Waals surface area contributed by atoms with Crippen LogP contribution < -0.4 is 5.32 Å². The van der Waals surface area contributed by atoms with Gasteiger partial charge in [0.1, 0.15) is 17.2 Å². The van der Waals surface area contributed by atoms with Gasteiger partial charge in [-0.25, -0.2) is 0 Å². The zero-order chi connectivity index (χ0) is 16.6. The van der Waals surface area contributed by atoms with E-state index in [0.717, 1.165) is 46.8 Å². The van der Waals surface area contributed by atoms with E-state index in [1.807, 2.05) is 18.2 Å². The minimum Gasteiger partial charge on any atom is -0.456 e. The quantitative estimate of drug-likeness (QED) is 0.556. The molecular weight excluding hydrogens is 328 g/mol. The van der Waals surface area contributed by atoms with E-state index in [4.69, 9.17) is 4.42 Å². The molecule has 3 heterocycles. The van der Waals surface area contributed by atoms with Crippen LogP contribution in [0.2, 0.25) is 0 Å². The second-order valence-electron chi connectivity index (χ2n) is 6.04. The summed E-state index contributed by atoms with van der Waals surface area (Å²) in [7, 11) is 0. The molecule has 122 valence electrons. The molecule has 0 aliphatic carbocycles. The highest BCUT2D eigenvalue weighted by Gasteiger charge is 2.17. The molecule has 2 aromatic carbocycles. The van der Waals surface area contributed by atoms with Crippen LogP contribution in [0.25, 0.3) is 33.4 Å². The molecule has 0 radical (unpaired) electrons. The zero-order valence-electron chi connectivity index (χ0n) is 13.5. The summed E-state index contributed by atoms with van der Waals surface area (Å²) in [5.74, 6) is 1.83. The van der Waals surface area contributed by atoms with Gasteiger partial charge in [0, 0.05) is 23.1 Å². The zero-order valence-corrected chi connectivity index (χ0v) is 14.3. The molecular formula is C21H16N2OS. The molecule has 1 N–H and O–H groups in total. The number of nitrogens with one attached hydrogen (secondary N) is 1. The summed E-state index contributed by atoms with van der Waals surface area (Å²) in [4.78, 5) is 4.57. The average molecular weight is 344 g/mol. The summed E-state index contributed by atoms with van der Waals surface area (Å²) in [5.41, 5.74) is 5.52. The molecule has 0 atom stereocenters. The standard InChI is InChI=1S/C21H16N2OS/c1-2-5-17(21-22-9-10-23-21)16(4-1)20-12-18-15(14-8-11-25-13-14)6-3-7-19(18)24-20/h1-8,11-13H,9-10H2,(H,22,23). The molecule has 1 aliphatic rings. The second-order valence-corrected chi connectivity index (χ2v) is 6.82. The monoisotopic (exact) mass is 344 g/mol. The minimum absolute atomic E-state index is 0.825. The van der Waals surface area contributed by atoms with E-state index < -0.39 is 0 Å². The lowest BCUT2D eigenvalue weighted by Crippen LogP contribution is -2.20. The molecule has 0 fully saturated rings. The highest BCUT2D eigenvalue weighted by Crippen LogP contribution is 2.36. The maximum Gasteiger partial charge on any atom is 0.136 e. The van der Waals surface area contributed by atoms with Crippen LogP contribution in [0.1, 0.15) is 5.56 Å². The number of hydrogen-bond donors (Lipinski definition) is 1. The predicted octanol–water partition coefficient (Wildman–Crippen LogP) is 5.18. The predicted molar refractivity (Wildman–Crippen MR) is 104 cm³/mol. The van der Waals surface area contributed by atoms with Crippen molar-refractivity contribution in [3.63, 3.8) is 0 Å². The molecule has 0 saturated carbocycles. The topological polar surface area (TPSA) is 37.5 Å². The van der Waals surface area contributed by atoms with E-state index >= 15 is 0 Å². The fourth-order valence-corrected chi connectivity index (χ4v) is 4.00. The van der Waals surface area contributed by atoms with Gasteiger partial charge in [-0.05, 0) is 40.1 Å². The van der Waals surface area contributed by atoms with Crippen molar-refractivity contribution in [2.24, 2.45) is 4.99 Å². The Morgan fingerprint density at radius 2 is 1.84 bits per heavy atom. The van der Waals surface area contributed by atoms with Gasteiger partial charge >= 0.3 is 0 Å². The molecule has 3 nitrogen and oxygen atoms in total. The van der Waals surface area contributed by atoms with Gasteiger partial charge in [0.2, 0.25) is 0 Å². The summed E-state index contributed by atoms with van der Waals surface area (Å²) in [5, 5.41) is 8.78. The first kappa shape index (κ1) is 14.5. The summed E-state index contributed by atoms with van der Waals surface area (Å²) >= 11 is 1.71. The fourth-order valence-electron chi connectivity index (χ4n) is 3.35. The Morgan fingerprint density at radius 1 is 0.960 bits per heavy atom. The molecule has 0 unspecified atom stereocenters. The van der Waals surface area contributed by atoms with Crippen LogP contribution in [0.5, 0.6) is 0 Å². The van der Waals surface area contributed by atoms with Crippen LogP contribution in [0, 0.1) is 0 Å². The Bertz CT molecular complexity index is 1080. The molecule has 2 aromatic heterocycles. The first-order valence-corrected chi connectivity index (χ1v) is 9.28. The normalized spacial score (nSPS) is 13.8. The van der Waals surface area contributed by atoms with Crippen LogP contribution >= 0.6 is 11.3 Å². The van der Waals surface area contributed by atoms with Crippen LogP contribution in [0.3, 0.4) is 0 Å². The van der Waals surface area contributed by atoms with Crippen molar-refractivity contribution >= 4 is 28.1 Å². The van der Waals surface area contributed by atoms with Gasteiger partial charge in [-0.1, -0.05) is 36.4 Å². The minimum atomic E-state index is 0.825. The number of thiophene rings is 1. The molecule has 0 bridgehead atoms. The molecule has 0 saturated heterocycles. The van der Waals surface area contributed by atoms with E-state index in [1.54, 1.807) is 11.3 Å². The van der Waals surface area contributed by atoms with Gasteiger partial charge in [0.15, 0.2) is 0 Å². The van der Waals surface area contributed by atoms with E-state index in [1.165, 1.54) is 11.1 Å². The number of nitrogens with zero attached hydrogens (tertiary/aromatic N) is 1. The Morgan fingerprint density at radius 3 is 2.64 bits per heavy atom. The number of aliphatic imine (C=N–C) groups is 1. The molecule has 5 rings (SSSR count). The lowest BCUT2D eigenvalue weighted by Gasteiger charge is -2.07. The Labute approximate surface area is 149 Å². The Balaban J connectivity index is 1.69. The highest BCUT2D eigenvalue weighted by molar-refractivity contribution is 7.08. The van der Waals surface area contributed by atoms with Gasteiger partial charge in [0.25, 0.3) is 0 Å². The van der Waals surface area contributed by atoms with Crippen LogP contribution in [0.4, 0.5) is 0 Å². The largest absolute Gasteiger partial charge is 0.456 e. The number of benzene rings is 2. The SMILES string of the molecule is c1ccc(-c2cc3c(-c4ccsc4)cccc3o2)c(C2=NCCN2)c1. The number of furan rings is 1. The van der Waals surface area contributed by atoms with Crippen LogP contribution in [0.15, 0.2) is 74.8 Å². The van der Waals surface area contributed by atoms with Crippen molar-refractivity contribution in [2.45, 2.75) is 0 Å². The number of rotatable bonds is 3. The van der Waals surface area contributed by atoms with E-state index in [2.05, 4.69) is 57.5 Å². The number of fused-ring (bicyclic) bond motifs is 1. The van der Waals surface area contributed by atoms with E-state index in [-0.39, 0.29) is 0 Å². The first-order valence-electron chi connectivity index (χ1n) is 8.33. The molecule has 4 aromatic rings. The highest BCUT2D eigenvalue weighted by atomic mass is 32.1. The second kappa shape index (κ2) is 5.90. The maximum atomic E-state index is 6.21. The average Bonchev–Trinajstić information content (AvgIpc) is 3.42. The number of amidine groups is 1. The van der Waals surface area contributed by atoms with Gasteiger partial charge in [-0.2, -0.15) is 11.3 Å². The van der Waals surface area contributed by atoms with Crippen LogP contribution in [-0.4, -0.2) is 18.9 Å². The molecule has 0 amide bonds. The lowest BCUT2D eigenvalue weighted by atomic mass is 10.0. The summed E-state index contributed by atoms with van der Waals surface area (Å²) in [6.07, 6.45) is 0. The molecule has 0 spiro atoms. The smallest absolute Gasteiger partial charge is 0.136 e. The first-order chi connectivity index (χ1) is 12.4. The lowest BCUT2D eigenvalue weighted by molar-refractivity contribution is 0.631. The molecule has 4 heteroatoms. The van der Waals surface area contributed by atoms with Crippen molar-refractivity contribution in [3.8, 4) is 22.5 Å². The van der Waals surface area contributed by atoms with Crippen molar-refractivity contribution in [1.29, 1.82) is 0 Å². The van der Waals surface area contributed by atoms with Gasteiger partial charge < -0.3 is 9.73 Å². The van der Waals surface area contributed by atoms with E-state index in [9.17, 15) is 0 Å². The Hall–Kier alpha value is -2.85. The molecule has 1 aliphatic heterocycles. The van der Waals surface area contributed by atoms with Crippen molar-refractivity contribution in [1.82, 2.24) is 5.32 Å². The van der Waals surface area contributed by atoms with Gasteiger partial charge in [0.05, 0.1) is 6.54 Å².